The van der Waals surface area contributed by atoms with Gasteiger partial charge in [0.05, 0.1) is 26.4 Å². The molecule has 0 radical (unpaired) electrons. The van der Waals surface area contributed by atoms with Crippen molar-refractivity contribution in [3.8, 4) is 0 Å². The quantitative estimate of drug-likeness (QED) is 0.0128. The van der Waals surface area contributed by atoms with Crippen molar-refractivity contribution in [3.05, 3.63) is 97.2 Å². The zero-order valence-corrected chi connectivity index (χ0v) is 64.9. The van der Waals surface area contributed by atoms with Crippen molar-refractivity contribution in [3.63, 3.8) is 0 Å². The van der Waals surface area contributed by atoms with E-state index in [0.717, 1.165) is 141 Å². The molecule has 0 aliphatic rings. The number of esters is 4. The van der Waals surface area contributed by atoms with Crippen LogP contribution in [0.3, 0.4) is 0 Å². The lowest BCUT2D eigenvalue weighted by Crippen LogP contribution is -2.30. The van der Waals surface area contributed by atoms with E-state index in [0.29, 0.717) is 32.1 Å². The highest BCUT2D eigenvalue weighted by atomic mass is 31.2. The molecule has 5 atom stereocenters. The highest BCUT2D eigenvalue weighted by Gasteiger charge is 2.30. The summed E-state index contributed by atoms with van der Waals surface area (Å²) >= 11 is 0. The second-order valence-corrected chi connectivity index (χ2v) is 29.2. The fraction of sp³-hybridized carbons (Fsp3) is 0.753. The van der Waals surface area contributed by atoms with Gasteiger partial charge in [0.2, 0.25) is 0 Å². The molecule has 2 unspecified atom stereocenters. The summed E-state index contributed by atoms with van der Waals surface area (Å²) in [5.74, 6) is -2.26. The molecule has 0 aliphatic heterocycles. The van der Waals surface area contributed by atoms with E-state index in [1.807, 2.05) is 12.2 Å². The summed E-state index contributed by atoms with van der Waals surface area (Å²) in [5, 5.41) is 10.6. The minimum atomic E-state index is -4.99. The third-order valence-corrected chi connectivity index (χ3v) is 18.4. The Bertz CT molecular complexity index is 2270. The van der Waals surface area contributed by atoms with E-state index in [1.54, 1.807) is 0 Å². The number of hydrogen-bond donors (Lipinski definition) is 3. The standard InChI is InChI=1S/C81H142O17P2/c1-5-9-13-17-21-25-29-33-36-37-40-44-48-52-56-60-64-68-81(86)98-77(72-92-79(84)66-62-58-54-50-46-43-39-35-31-27-23-19-15-11-7-3)74-96-100(89,90)94-70-75(82)69-93-99(87,88)95-73-76(97-80(85)67-63-59-55-51-47-41-32-28-24-20-16-12-8-4)71-91-78(83)65-61-57-53-49-45-42-38-34-30-26-22-18-14-10-6-2/h21,25-26,28,30,32-36,38-40,44,52,56,75-77,82H,5-20,22-24,27,29,31,37,41-43,45-51,53-55,57-74H2,1-4H3,(H,87,88)(H,89,90)/b25-21-,30-26-,32-28-,36-33-,38-34-,39-35-,44-40-,56-52-/t75-,76+,77+/m0/s1. The van der Waals surface area contributed by atoms with Crippen molar-refractivity contribution in [2.75, 3.05) is 39.6 Å². The Hall–Kier alpha value is -4.02. The molecule has 3 N–H and O–H groups in total. The lowest BCUT2D eigenvalue weighted by molar-refractivity contribution is -0.161. The van der Waals surface area contributed by atoms with E-state index in [1.165, 1.54) is 109 Å². The van der Waals surface area contributed by atoms with Crippen LogP contribution in [-0.4, -0.2) is 96.7 Å². The number of aliphatic hydroxyl groups is 1. The van der Waals surface area contributed by atoms with Crippen molar-refractivity contribution in [2.24, 2.45) is 0 Å². The SMILES string of the molecule is CCCCC/C=C\C/C=C\C/C=C\C/C=C\CCCC(=O)O[C@H](COC(=O)CCCCCCC/C=C\CCCCCCCC)COP(=O)(O)OC[C@@H](O)COP(=O)(O)OC[C@@H](COC(=O)CCCCCCC/C=C\C=C/CCCCCC)OC(=O)CCCCCCC/C=C\CCCCCC. The fourth-order valence-electron chi connectivity index (χ4n) is 10.4. The summed E-state index contributed by atoms with van der Waals surface area (Å²) in [4.78, 5) is 72.9. The van der Waals surface area contributed by atoms with Crippen molar-refractivity contribution < 1.29 is 80.2 Å². The van der Waals surface area contributed by atoms with Crippen molar-refractivity contribution in [1.29, 1.82) is 0 Å². The number of ether oxygens (including phenoxy) is 4. The van der Waals surface area contributed by atoms with Gasteiger partial charge in [-0.25, -0.2) is 9.13 Å². The van der Waals surface area contributed by atoms with Gasteiger partial charge in [0, 0.05) is 25.7 Å². The molecule has 0 aliphatic carbocycles. The normalized spacial score (nSPS) is 14.4. The van der Waals surface area contributed by atoms with Crippen LogP contribution in [0.25, 0.3) is 0 Å². The lowest BCUT2D eigenvalue weighted by atomic mass is 10.1. The molecule has 0 spiro atoms. The van der Waals surface area contributed by atoms with Crippen LogP contribution in [-0.2, 0) is 65.4 Å². The molecule has 0 bridgehead atoms. The predicted molar refractivity (Wildman–Crippen MR) is 409 cm³/mol. The molecule has 0 saturated heterocycles. The maximum atomic E-state index is 13.1. The van der Waals surface area contributed by atoms with Crippen molar-refractivity contribution >= 4 is 39.5 Å². The average Bonchev–Trinajstić information content (AvgIpc) is 0.962. The van der Waals surface area contributed by atoms with E-state index in [9.17, 15) is 43.2 Å². The number of hydrogen-bond acceptors (Lipinski definition) is 15. The topological polar surface area (TPSA) is 237 Å². The molecule has 100 heavy (non-hydrogen) atoms. The van der Waals surface area contributed by atoms with Crippen LogP contribution in [0.4, 0.5) is 0 Å². The molecule has 19 heteroatoms. The third kappa shape index (κ3) is 72.3. The van der Waals surface area contributed by atoms with E-state index >= 15 is 0 Å². The van der Waals surface area contributed by atoms with Gasteiger partial charge in [-0.2, -0.15) is 0 Å². The molecule has 0 rings (SSSR count). The van der Waals surface area contributed by atoms with Gasteiger partial charge in [0.25, 0.3) is 0 Å². The summed E-state index contributed by atoms with van der Waals surface area (Å²) in [7, 11) is -9.97. The Labute approximate surface area is 607 Å². The minimum absolute atomic E-state index is 0.0176. The molecule has 0 saturated carbocycles. The molecule has 578 valence electrons. The maximum absolute atomic E-state index is 13.1. The van der Waals surface area contributed by atoms with Gasteiger partial charge in [-0.3, -0.25) is 37.3 Å². The van der Waals surface area contributed by atoms with Gasteiger partial charge in [-0.1, -0.05) is 266 Å². The van der Waals surface area contributed by atoms with Gasteiger partial charge in [-0.05, 0) is 141 Å². The smallest absolute Gasteiger partial charge is 0.462 e. The number of aliphatic hydroxyl groups excluding tert-OH is 1. The summed E-state index contributed by atoms with van der Waals surface area (Å²) < 4.78 is 68.5. The van der Waals surface area contributed by atoms with Crippen molar-refractivity contribution in [1.82, 2.24) is 0 Å². The molecule has 0 aromatic carbocycles. The Morgan fingerprint density at radius 1 is 0.290 bits per heavy atom. The lowest BCUT2D eigenvalue weighted by Gasteiger charge is -2.21. The molecular formula is C81H142O17P2. The highest BCUT2D eigenvalue weighted by Crippen LogP contribution is 2.45. The highest BCUT2D eigenvalue weighted by molar-refractivity contribution is 7.47. The van der Waals surface area contributed by atoms with Crippen LogP contribution < -0.4 is 0 Å². The summed E-state index contributed by atoms with van der Waals surface area (Å²) in [6.07, 6.45) is 76.8. The summed E-state index contributed by atoms with van der Waals surface area (Å²) in [5.41, 5.74) is 0. The number of allylic oxidation sites excluding steroid dienone is 16. The van der Waals surface area contributed by atoms with Gasteiger partial charge in [-0.15, -0.1) is 0 Å². The number of carbonyl (C=O) groups is 4. The van der Waals surface area contributed by atoms with E-state index in [4.69, 9.17) is 37.0 Å². The Balaban J connectivity index is 5.42. The first-order chi connectivity index (χ1) is 48.7. The Morgan fingerprint density at radius 2 is 0.530 bits per heavy atom. The van der Waals surface area contributed by atoms with Crippen LogP contribution in [0, 0.1) is 0 Å². The molecule has 0 amide bonds. The first kappa shape index (κ1) is 96.0. The number of rotatable bonds is 74. The van der Waals surface area contributed by atoms with E-state index in [2.05, 4.69) is 113 Å². The first-order valence-electron chi connectivity index (χ1n) is 39.5. The number of phosphoric acid groups is 2. The minimum Gasteiger partial charge on any atom is -0.462 e. The molecule has 0 heterocycles. The molecule has 0 aromatic heterocycles. The van der Waals surface area contributed by atoms with Crippen LogP contribution >= 0.6 is 15.6 Å². The van der Waals surface area contributed by atoms with E-state index < -0.39 is 97.5 Å². The first-order valence-corrected chi connectivity index (χ1v) is 42.5. The van der Waals surface area contributed by atoms with Gasteiger partial charge >= 0.3 is 39.5 Å². The molecule has 17 nitrogen and oxygen atoms in total. The van der Waals surface area contributed by atoms with Crippen LogP contribution in [0.5, 0.6) is 0 Å². The second-order valence-electron chi connectivity index (χ2n) is 26.3. The molecular weight excluding hydrogens is 1310 g/mol. The van der Waals surface area contributed by atoms with Gasteiger partial charge in [0.1, 0.15) is 19.3 Å². The second kappa shape index (κ2) is 73.3. The zero-order chi connectivity index (χ0) is 73.2. The Morgan fingerprint density at radius 3 is 0.890 bits per heavy atom. The zero-order valence-electron chi connectivity index (χ0n) is 63.1. The van der Waals surface area contributed by atoms with Crippen LogP contribution in [0.15, 0.2) is 97.2 Å². The average molecular weight is 1450 g/mol. The number of unbranched alkanes of at least 4 members (excludes halogenated alkanes) is 33. The van der Waals surface area contributed by atoms with Gasteiger partial charge < -0.3 is 33.8 Å². The number of phosphoric ester groups is 2. The Kier molecular flexibility index (Phi) is 70.4. The van der Waals surface area contributed by atoms with Crippen LogP contribution in [0.2, 0.25) is 0 Å². The monoisotopic (exact) mass is 1450 g/mol. The van der Waals surface area contributed by atoms with Gasteiger partial charge in [0.15, 0.2) is 12.2 Å². The van der Waals surface area contributed by atoms with E-state index in [-0.39, 0.29) is 25.7 Å². The summed E-state index contributed by atoms with van der Waals surface area (Å²) in [6, 6.07) is 0. The molecule has 0 aromatic rings. The largest absolute Gasteiger partial charge is 0.472 e. The predicted octanol–water partition coefficient (Wildman–Crippen LogP) is 22.8. The third-order valence-electron chi connectivity index (χ3n) is 16.5. The molecule has 0 fully saturated rings. The van der Waals surface area contributed by atoms with Crippen molar-refractivity contribution in [2.45, 2.75) is 354 Å². The number of carbonyl (C=O) groups excluding carboxylic acids is 4. The summed E-state index contributed by atoms with van der Waals surface area (Å²) in [6.45, 7) is 4.73. The van der Waals surface area contributed by atoms with Crippen LogP contribution in [0.1, 0.15) is 336 Å². The fourth-order valence-corrected chi connectivity index (χ4v) is 12.0. The maximum Gasteiger partial charge on any atom is 0.472 e.